The fraction of sp³-hybridized carbons (Fsp3) is 0.280. The van der Waals surface area contributed by atoms with E-state index in [9.17, 15) is 4.39 Å². The summed E-state index contributed by atoms with van der Waals surface area (Å²) in [5, 5.41) is 0. The zero-order valence-electron chi connectivity index (χ0n) is 18.1. The number of anilines is 1. The molecule has 0 aliphatic rings. The molecule has 164 valence electrons. The van der Waals surface area contributed by atoms with Crippen LogP contribution >= 0.6 is 0 Å². The summed E-state index contributed by atoms with van der Waals surface area (Å²) >= 11 is 0. The molecule has 0 aromatic heterocycles. The van der Waals surface area contributed by atoms with Crippen LogP contribution < -0.4 is 24.7 Å². The highest BCUT2D eigenvalue weighted by molar-refractivity contribution is 5.59. The number of hydrogen-bond acceptors (Lipinski definition) is 5. The summed E-state index contributed by atoms with van der Waals surface area (Å²) in [6.45, 7) is 2.68. The molecule has 0 atom stereocenters. The Balaban J connectivity index is 1.76. The first-order valence-corrected chi connectivity index (χ1v) is 10.2. The van der Waals surface area contributed by atoms with Crippen molar-refractivity contribution in [3.8, 4) is 28.7 Å². The zero-order chi connectivity index (χ0) is 22.2. The lowest BCUT2D eigenvalue weighted by Crippen LogP contribution is -2.03. The average Bonchev–Trinajstić information content (AvgIpc) is 2.78. The van der Waals surface area contributed by atoms with E-state index in [1.807, 2.05) is 6.07 Å². The number of rotatable bonds is 10. The van der Waals surface area contributed by atoms with E-state index >= 15 is 0 Å². The summed E-state index contributed by atoms with van der Waals surface area (Å²) in [6.07, 6.45) is 2.29. The number of nitrogen functional groups attached to an aromatic ring is 1. The molecule has 0 aliphatic carbocycles. The lowest BCUT2D eigenvalue weighted by atomic mass is 10.0. The molecule has 0 radical (unpaired) electrons. The van der Waals surface area contributed by atoms with Gasteiger partial charge in [-0.2, -0.15) is 0 Å². The Bertz CT molecular complexity index is 1010. The van der Waals surface area contributed by atoms with Crippen molar-refractivity contribution in [2.24, 2.45) is 0 Å². The molecule has 6 heteroatoms. The third-order valence-corrected chi connectivity index (χ3v) is 4.88. The van der Waals surface area contributed by atoms with Crippen LogP contribution in [0.5, 0.6) is 28.7 Å². The second kappa shape index (κ2) is 10.6. The van der Waals surface area contributed by atoms with Crippen molar-refractivity contribution in [2.75, 3.05) is 26.6 Å². The summed E-state index contributed by atoms with van der Waals surface area (Å²) in [5.74, 6) is 2.55. The van der Waals surface area contributed by atoms with E-state index < -0.39 is 0 Å². The maximum Gasteiger partial charge on any atom is 0.162 e. The van der Waals surface area contributed by atoms with Crippen LogP contribution in [0.4, 0.5) is 10.1 Å². The number of ether oxygens (including phenoxy) is 4. The largest absolute Gasteiger partial charge is 0.497 e. The highest BCUT2D eigenvalue weighted by Gasteiger charge is 2.13. The molecule has 0 aliphatic heterocycles. The predicted octanol–water partition coefficient (Wildman–Crippen LogP) is 5.99. The molecule has 5 nitrogen and oxygen atoms in total. The summed E-state index contributed by atoms with van der Waals surface area (Å²) < 4.78 is 36.8. The van der Waals surface area contributed by atoms with Crippen molar-refractivity contribution in [3.63, 3.8) is 0 Å². The lowest BCUT2D eigenvalue weighted by Gasteiger charge is -2.15. The van der Waals surface area contributed by atoms with Crippen LogP contribution in [0.3, 0.4) is 0 Å². The third-order valence-electron chi connectivity index (χ3n) is 4.88. The summed E-state index contributed by atoms with van der Waals surface area (Å²) in [5.41, 5.74) is 7.99. The Morgan fingerprint density at radius 1 is 0.806 bits per heavy atom. The number of halogens is 1. The quantitative estimate of drug-likeness (QED) is 0.319. The zero-order valence-corrected chi connectivity index (χ0v) is 18.1. The second-order valence-corrected chi connectivity index (χ2v) is 7.11. The van der Waals surface area contributed by atoms with Crippen LogP contribution in [0.15, 0.2) is 54.6 Å². The van der Waals surface area contributed by atoms with Crippen molar-refractivity contribution < 1.29 is 23.3 Å². The van der Waals surface area contributed by atoms with E-state index in [2.05, 4.69) is 6.92 Å². The van der Waals surface area contributed by atoms with Gasteiger partial charge in [-0.3, -0.25) is 0 Å². The average molecular weight is 426 g/mol. The molecule has 0 amide bonds. The maximum absolute atomic E-state index is 14.8. The molecule has 0 saturated heterocycles. The van der Waals surface area contributed by atoms with Crippen molar-refractivity contribution in [1.82, 2.24) is 0 Å². The van der Waals surface area contributed by atoms with Crippen molar-refractivity contribution in [3.05, 3.63) is 71.5 Å². The second-order valence-electron chi connectivity index (χ2n) is 7.11. The first kappa shape index (κ1) is 22.3. The summed E-state index contributed by atoms with van der Waals surface area (Å²) in [7, 11) is 3.17. The fourth-order valence-corrected chi connectivity index (χ4v) is 3.09. The van der Waals surface area contributed by atoms with E-state index in [1.54, 1.807) is 56.7 Å². The number of methoxy groups -OCH3 is 2. The molecule has 0 spiro atoms. The van der Waals surface area contributed by atoms with Gasteiger partial charge in [-0.15, -0.1) is 0 Å². The van der Waals surface area contributed by atoms with Crippen molar-refractivity contribution in [1.29, 1.82) is 0 Å². The molecule has 0 unspecified atom stereocenters. The molecule has 0 bridgehead atoms. The van der Waals surface area contributed by atoms with Gasteiger partial charge in [-0.25, -0.2) is 4.39 Å². The van der Waals surface area contributed by atoms with Crippen molar-refractivity contribution >= 4 is 5.69 Å². The first-order valence-electron chi connectivity index (χ1n) is 10.2. The lowest BCUT2D eigenvalue weighted by molar-refractivity contribution is 0.288. The minimum Gasteiger partial charge on any atom is -0.497 e. The van der Waals surface area contributed by atoms with Crippen LogP contribution in [0, 0.1) is 5.82 Å². The normalized spacial score (nSPS) is 10.6. The molecular formula is C25H28FNO4. The molecule has 31 heavy (non-hydrogen) atoms. The molecule has 0 heterocycles. The van der Waals surface area contributed by atoms with Crippen LogP contribution in [0.25, 0.3) is 0 Å². The minimum atomic E-state index is -0.366. The van der Waals surface area contributed by atoms with Crippen LogP contribution in [-0.4, -0.2) is 20.8 Å². The Morgan fingerprint density at radius 3 is 2.16 bits per heavy atom. The van der Waals surface area contributed by atoms with Gasteiger partial charge in [0.05, 0.1) is 20.8 Å². The predicted molar refractivity (Wildman–Crippen MR) is 120 cm³/mol. The Kier molecular flexibility index (Phi) is 7.60. The van der Waals surface area contributed by atoms with E-state index in [-0.39, 0.29) is 5.82 Å². The van der Waals surface area contributed by atoms with Gasteiger partial charge in [-0.1, -0.05) is 19.4 Å². The highest BCUT2D eigenvalue weighted by Crippen LogP contribution is 2.34. The molecule has 3 rings (SSSR count). The summed E-state index contributed by atoms with van der Waals surface area (Å²) in [4.78, 5) is 0. The first-order chi connectivity index (χ1) is 15.0. The van der Waals surface area contributed by atoms with Gasteiger partial charge in [0, 0.05) is 24.2 Å². The Hall–Kier alpha value is -3.41. The number of nitrogens with two attached hydrogens (primary N) is 1. The van der Waals surface area contributed by atoms with Gasteiger partial charge >= 0.3 is 0 Å². The molecule has 3 aromatic carbocycles. The standard InChI is InChI=1S/C25H28FNO4/c1-4-5-12-30-25-14-18(23(27)16-24(25)29-3)13-17-6-7-21(15-22(17)26)31-20-10-8-19(28-2)9-11-20/h6-11,14-16H,4-5,12-13,27H2,1-3H3. The topological polar surface area (TPSA) is 62.9 Å². The molecule has 3 aromatic rings. The van der Waals surface area contributed by atoms with Gasteiger partial charge in [0.2, 0.25) is 0 Å². The Morgan fingerprint density at radius 2 is 1.52 bits per heavy atom. The van der Waals surface area contributed by atoms with Crippen LogP contribution in [-0.2, 0) is 6.42 Å². The minimum absolute atomic E-state index is 0.328. The van der Waals surface area contributed by atoms with E-state index in [0.29, 0.717) is 47.3 Å². The monoisotopic (exact) mass is 425 g/mol. The van der Waals surface area contributed by atoms with Gasteiger partial charge in [0.15, 0.2) is 11.5 Å². The van der Waals surface area contributed by atoms with Crippen LogP contribution in [0.1, 0.15) is 30.9 Å². The van der Waals surface area contributed by atoms with Gasteiger partial charge in [0.25, 0.3) is 0 Å². The smallest absolute Gasteiger partial charge is 0.162 e. The van der Waals surface area contributed by atoms with Crippen LogP contribution in [0.2, 0.25) is 0 Å². The molecule has 0 fully saturated rings. The van der Waals surface area contributed by atoms with Gasteiger partial charge < -0.3 is 24.7 Å². The molecule has 0 saturated carbocycles. The molecule has 2 N–H and O–H groups in total. The number of hydrogen-bond donors (Lipinski definition) is 1. The van der Waals surface area contributed by atoms with Crippen molar-refractivity contribution in [2.45, 2.75) is 26.2 Å². The fourth-order valence-electron chi connectivity index (χ4n) is 3.09. The van der Waals surface area contributed by atoms with E-state index in [1.165, 1.54) is 6.07 Å². The summed E-state index contributed by atoms with van der Waals surface area (Å²) in [6, 6.07) is 15.5. The Labute approximate surface area is 182 Å². The van der Waals surface area contributed by atoms with Gasteiger partial charge in [-0.05, 0) is 53.9 Å². The number of unbranched alkanes of at least 4 members (excludes halogenated alkanes) is 1. The SMILES string of the molecule is CCCCOc1cc(Cc2ccc(Oc3ccc(OC)cc3)cc2F)c(N)cc1OC. The number of benzene rings is 3. The van der Waals surface area contributed by atoms with E-state index in [4.69, 9.17) is 24.7 Å². The molecular weight excluding hydrogens is 397 g/mol. The van der Waals surface area contributed by atoms with E-state index in [0.717, 1.165) is 24.2 Å². The third kappa shape index (κ3) is 5.81. The van der Waals surface area contributed by atoms with Gasteiger partial charge in [0.1, 0.15) is 23.1 Å². The highest BCUT2D eigenvalue weighted by atomic mass is 19.1. The maximum atomic E-state index is 14.8.